The van der Waals surface area contributed by atoms with Crippen LogP contribution in [-0.4, -0.2) is 17.6 Å². The number of amides is 1. The fourth-order valence-electron chi connectivity index (χ4n) is 1.97. The van der Waals surface area contributed by atoms with Gasteiger partial charge < -0.3 is 15.6 Å². The van der Waals surface area contributed by atoms with Crippen LogP contribution in [0.5, 0.6) is 11.5 Å². The van der Waals surface area contributed by atoms with Gasteiger partial charge in [-0.15, -0.1) is 0 Å². The molecule has 0 aliphatic rings. The van der Waals surface area contributed by atoms with Crippen LogP contribution in [0, 0.1) is 5.92 Å². The SMILES string of the molecule is CCOc1ccc(C(C)C(C)CC(N)=O)c(O)c1. The molecule has 1 aromatic carbocycles. The summed E-state index contributed by atoms with van der Waals surface area (Å²) in [6.45, 7) is 6.38. The number of carbonyl (C=O) groups is 1. The van der Waals surface area contributed by atoms with E-state index in [1.807, 2.05) is 32.9 Å². The molecule has 0 bridgehead atoms. The molecule has 2 unspecified atom stereocenters. The Morgan fingerprint density at radius 3 is 2.61 bits per heavy atom. The lowest BCUT2D eigenvalue weighted by molar-refractivity contribution is -0.118. The molecule has 0 spiro atoms. The lowest BCUT2D eigenvalue weighted by atomic mass is 9.86. The van der Waals surface area contributed by atoms with Gasteiger partial charge in [0.2, 0.25) is 5.91 Å². The summed E-state index contributed by atoms with van der Waals surface area (Å²) in [7, 11) is 0. The Kier molecular flexibility index (Phi) is 5.01. The summed E-state index contributed by atoms with van der Waals surface area (Å²) < 4.78 is 5.31. The van der Waals surface area contributed by atoms with E-state index in [9.17, 15) is 9.90 Å². The lowest BCUT2D eigenvalue weighted by Gasteiger charge is -2.20. The van der Waals surface area contributed by atoms with E-state index >= 15 is 0 Å². The second kappa shape index (κ2) is 6.28. The second-order valence-corrected chi connectivity index (χ2v) is 4.59. The lowest BCUT2D eigenvalue weighted by Crippen LogP contribution is -2.18. The van der Waals surface area contributed by atoms with Crippen LogP contribution in [0.2, 0.25) is 0 Å². The molecule has 2 atom stereocenters. The summed E-state index contributed by atoms with van der Waals surface area (Å²) in [6, 6.07) is 5.26. The van der Waals surface area contributed by atoms with Crippen molar-refractivity contribution in [1.82, 2.24) is 0 Å². The normalized spacial score (nSPS) is 13.9. The number of rotatable bonds is 6. The number of hydrogen-bond donors (Lipinski definition) is 2. The highest BCUT2D eigenvalue weighted by atomic mass is 16.5. The Morgan fingerprint density at radius 2 is 2.11 bits per heavy atom. The number of nitrogens with two attached hydrogens (primary N) is 1. The van der Waals surface area contributed by atoms with Crippen molar-refractivity contribution in [3.8, 4) is 11.5 Å². The highest BCUT2D eigenvalue weighted by molar-refractivity contribution is 5.74. The fourth-order valence-corrected chi connectivity index (χ4v) is 1.97. The van der Waals surface area contributed by atoms with E-state index in [1.54, 1.807) is 6.07 Å². The third-order valence-electron chi connectivity index (χ3n) is 3.18. The first-order chi connectivity index (χ1) is 8.45. The van der Waals surface area contributed by atoms with E-state index in [0.717, 1.165) is 5.56 Å². The number of hydrogen-bond acceptors (Lipinski definition) is 3. The number of benzene rings is 1. The molecule has 1 aromatic rings. The van der Waals surface area contributed by atoms with Gasteiger partial charge in [0.15, 0.2) is 0 Å². The Hall–Kier alpha value is -1.71. The van der Waals surface area contributed by atoms with Gasteiger partial charge in [-0.2, -0.15) is 0 Å². The van der Waals surface area contributed by atoms with Crippen molar-refractivity contribution in [1.29, 1.82) is 0 Å². The van der Waals surface area contributed by atoms with E-state index in [2.05, 4.69) is 0 Å². The fraction of sp³-hybridized carbons (Fsp3) is 0.500. The molecule has 0 radical (unpaired) electrons. The van der Waals surface area contributed by atoms with Crippen molar-refractivity contribution >= 4 is 5.91 Å². The van der Waals surface area contributed by atoms with Gasteiger partial charge >= 0.3 is 0 Å². The number of aromatic hydroxyl groups is 1. The van der Waals surface area contributed by atoms with Crippen LogP contribution < -0.4 is 10.5 Å². The topological polar surface area (TPSA) is 72.5 Å². The summed E-state index contributed by atoms with van der Waals surface area (Å²) in [6.07, 6.45) is 0.313. The van der Waals surface area contributed by atoms with Crippen LogP contribution in [0.1, 0.15) is 38.7 Å². The van der Waals surface area contributed by atoms with Crippen molar-refractivity contribution in [3.63, 3.8) is 0 Å². The number of phenols is 1. The minimum atomic E-state index is -0.320. The molecule has 1 amide bonds. The molecule has 1 rings (SSSR count). The van der Waals surface area contributed by atoms with Crippen LogP contribution in [0.3, 0.4) is 0 Å². The molecule has 3 N–H and O–H groups in total. The molecular formula is C14H21NO3. The first kappa shape index (κ1) is 14.4. The monoisotopic (exact) mass is 251 g/mol. The van der Waals surface area contributed by atoms with Crippen molar-refractivity contribution in [2.75, 3.05) is 6.61 Å². The molecule has 0 aromatic heterocycles. The summed E-state index contributed by atoms with van der Waals surface area (Å²) in [4.78, 5) is 10.9. The highest BCUT2D eigenvalue weighted by Crippen LogP contribution is 2.34. The van der Waals surface area contributed by atoms with Gasteiger partial charge in [0.1, 0.15) is 11.5 Å². The maximum atomic E-state index is 10.9. The van der Waals surface area contributed by atoms with Crippen LogP contribution in [0.15, 0.2) is 18.2 Å². The largest absolute Gasteiger partial charge is 0.508 e. The Morgan fingerprint density at radius 1 is 1.44 bits per heavy atom. The second-order valence-electron chi connectivity index (χ2n) is 4.59. The molecule has 18 heavy (non-hydrogen) atoms. The smallest absolute Gasteiger partial charge is 0.217 e. The molecule has 4 heteroatoms. The van der Waals surface area contributed by atoms with Crippen LogP contribution in [-0.2, 0) is 4.79 Å². The molecule has 0 saturated carbocycles. The van der Waals surface area contributed by atoms with Gasteiger partial charge in [-0.3, -0.25) is 4.79 Å². The number of primary amides is 1. The predicted molar refractivity (Wildman–Crippen MR) is 70.7 cm³/mol. The third-order valence-corrected chi connectivity index (χ3v) is 3.18. The average Bonchev–Trinajstić information content (AvgIpc) is 2.28. The summed E-state index contributed by atoms with van der Waals surface area (Å²) in [5.41, 5.74) is 6.00. The van der Waals surface area contributed by atoms with E-state index in [0.29, 0.717) is 18.8 Å². The zero-order chi connectivity index (χ0) is 13.7. The molecule has 0 saturated heterocycles. The van der Waals surface area contributed by atoms with Gasteiger partial charge in [0.25, 0.3) is 0 Å². The van der Waals surface area contributed by atoms with Crippen LogP contribution >= 0.6 is 0 Å². The molecule has 0 fully saturated rings. The van der Waals surface area contributed by atoms with E-state index in [-0.39, 0.29) is 23.5 Å². The maximum Gasteiger partial charge on any atom is 0.217 e. The number of ether oxygens (including phenoxy) is 1. The minimum Gasteiger partial charge on any atom is -0.508 e. The summed E-state index contributed by atoms with van der Waals surface area (Å²) >= 11 is 0. The Bertz CT molecular complexity index is 418. The summed E-state index contributed by atoms with van der Waals surface area (Å²) in [5.74, 6) is 0.678. The molecule has 4 nitrogen and oxygen atoms in total. The highest BCUT2D eigenvalue weighted by Gasteiger charge is 2.19. The maximum absolute atomic E-state index is 10.9. The van der Waals surface area contributed by atoms with Crippen molar-refractivity contribution < 1.29 is 14.6 Å². The van der Waals surface area contributed by atoms with Crippen molar-refractivity contribution in [2.45, 2.75) is 33.1 Å². The van der Waals surface area contributed by atoms with Crippen molar-refractivity contribution in [2.24, 2.45) is 11.7 Å². The zero-order valence-electron chi connectivity index (χ0n) is 11.1. The van der Waals surface area contributed by atoms with Crippen molar-refractivity contribution in [3.05, 3.63) is 23.8 Å². The number of phenolic OH excluding ortho intramolecular Hbond substituents is 1. The summed E-state index contributed by atoms with van der Waals surface area (Å²) in [5, 5.41) is 9.98. The zero-order valence-corrected chi connectivity index (χ0v) is 11.1. The van der Waals surface area contributed by atoms with E-state index in [1.165, 1.54) is 0 Å². The first-order valence-corrected chi connectivity index (χ1v) is 6.19. The first-order valence-electron chi connectivity index (χ1n) is 6.19. The Balaban J connectivity index is 2.85. The van der Waals surface area contributed by atoms with E-state index < -0.39 is 0 Å². The van der Waals surface area contributed by atoms with Gasteiger partial charge in [-0.1, -0.05) is 19.9 Å². The molecule has 0 heterocycles. The molecule has 0 aliphatic carbocycles. The van der Waals surface area contributed by atoms with Gasteiger partial charge in [0.05, 0.1) is 6.61 Å². The standard InChI is InChI=1S/C14H21NO3/c1-4-18-11-5-6-12(13(16)8-11)10(3)9(2)7-14(15)17/h5-6,8-10,16H,4,7H2,1-3H3,(H2,15,17). The quantitative estimate of drug-likeness (QED) is 0.815. The molecular weight excluding hydrogens is 230 g/mol. The van der Waals surface area contributed by atoms with Gasteiger partial charge in [-0.05, 0) is 30.4 Å². The Labute approximate surface area is 108 Å². The number of carbonyl (C=O) groups excluding carboxylic acids is 1. The van der Waals surface area contributed by atoms with Crippen LogP contribution in [0.4, 0.5) is 0 Å². The predicted octanol–water partition coefficient (Wildman–Crippen LogP) is 2.41. The van der Waals surface area contributed by atoms with Crippen LogP contribution in [0.25, 0.3) is 0 Å². The van der Waals surface area contributed by atoms with E-state index in [4.69, 9.17) is 10.5 Å². The van der Waals surface area contributed by atoms with Gasteiger partial charge in [-0.25, -0.2) is 0 Å². The molecule has 0 aliphatic heterocycles. The molecule has 100 valence electrons. The third kappa shape index (κ3) is 3.65. The average molecular weight is 251 g/mol. The van der Waals surface area contributed by atoms with Gasteiger partial charge in [0, 0.05) is 12.5 Å². The minimum absolute atomic E-state index is 0.0631.